The molecule has 0 aliphatic heterocycles. The lowest BCUT2D eigenvalue weighted by Gasteiger charge is -1.92. The van der Waals surface area contributed by atoms with Gasteiger partial charge < -0.3 is 4.42 Å². The van der Waals surface area contributed by atoms with Crippen molar-refractivity contribution < 1.29 is 4.42 Å². The van der Waals surface area contributed by atoms with Crippen molar-refractivity contribution in [3.8, 4) is 11.6 Å². The Morgan fingerprint density at radius 1 is 1.29 bits per heavy atom. The van der Waals surface area contributed by atoms with Crippen molar-refractivity contribution in [1.29, 1.82) is 0 Å². The highest BCUT2D eigenvalue weighted by molar-refractivity contribution is 5.69. The average molecular weight is 187 g/mol. The third-order valence-electron chi connectivity index (χ3n) is 1.82. The molecule has 0 atom stereocenters. The zero-order chi connectivity index (χ0) is 9.38. The fraction of sp³-hybridized carbons (Fsp3) is 0. The minimum absolute atomic E-state index is 0.511. The summed E-state index contributed by atoms with van der Waals surface area (Å²) in [5, 5.41) is 10.2. The lowest BCUT2D eigenvalue weighted by Crippen LogP contribution is -1.87. The van der Waals surface area contributed by atoms with Gasteiger partial charge in [0.25, 0.3) is 0 Å². The summed E-state index contributed by atoms with van der Waals surface area (Å²) >= 11 is 0. The zero-order valence-electron chi connectivity index (χ0n) is 7.01. The summed E-state index contributed by atoms with van der Waals surface area (Å²) < 4.78 is 5.16. The van der Waals surface area contributed by atoms with Crippen molar-refractivity contribution >= 4 is 11.2 Å². The summed E-state index contributed by atoms with van der Waals surface area (Å²) in [6, 6.07) is 3.58. The van der Waals surface area contributed by atoms with Crippen molar-refractivity contribution in [2.75, 3.05) is 0 Å². The van der Waals surface area contributed by atoms with Gasteiger partial charge in [-0.25, -0.2) is 9.97 Å². The van der Waals surface area contributed by atoms with Crippen LogP contribution < -0.4 is 0 Å². The summed E-state index contributed by atoms with van der Waals surface area (Å²) in [5.41, 5.74) is 1.17. The molecule has 0 radical (unpaired) electrons. The van der Waals surface area contributed by atoms with Crippen LogP contribution in [0.15, 0.2) is 29.0 Å². The molecule has 0 spiro atoms. The van der Waals surface area contributed by atoms with E-state index in [-0.39, 0.29) is 0 Å². The van der Waals surface area contributed by atoms with Gasteiger partial charge in [-0.2, -0.15) is 10.3 Å². The Kier molecular flexibility index (Phi) is 1.35. The van der Waals surface area contributed by atoms with Gasteiger partial charge in [0.15, 0.2) is 11.6 Å². The number of fused-ring (bicyclic) bond motifs is 1. The normalized spacial score (nSPS) is 10.9. The molecule has 0 aromatic carbocycles. The van der Waals surface area contributed by atoms with Crippen molar-refractivity contribution in [2.45, 2.75) is 0 Å². The van der Waals surface area contributed by atoms with Gasteiger partial charge in [-0.1, -0.05) is 0 Å². The molecule has 3 rings (SSSR count). The SMILES string of the molecule is c1coc(-c2ncc3n[nH]nc3n2)c1. The van der Waals surface area contributed by atoms with Gasteiger partial charge >= 0.3 is 0 Å². The Morgan fingerprint density at radius 2 is 2.29 bits per heavy atom. The predicted molar refractivity (Wildman–Crippen MR) is 47.2 cm³/mol. The standard InChI is InChI=1S/C8H5N5O/c1-2-6(14-3-1)8-9-4-5-7(10-8)12-13-11-5/h1-4H,(H,9,10,11,12,13). The van der Waals surface area contributed by atoms with Crippen LogP contribution in [0.1, 0.15) is 0 Å². The Hall–Kier alpha value is -2.24. The Labute approximate surface area is 78.0 Å². The van der Waals surface area contributed by atoms with Crippen molar-refractivity contribution in [3.63, 3.8) is 0 Å². The molecule has 0 aliphatic carbocycles. The van der Waals surface area contributed by atoms with Gasteiger partial charge in [-0.3, -0.25) is 0 Å². The molecule has 68 valence electrons. The first kappa shape index (κ1) is 7.19. The molecule has 3 heterocycles. The van der Waals surface area contributed by atoms with Crippen LogP contribution in [0.3, 0.4) is 0 Å². The van der Waals surface area contributed by atoms with Crippen LogP contribution in [0.2, 0.25) is 0 Å². The molecule has 0 fully saturated rings. The largest absolute Gasteiger partial charge is 0.461 e. The number of rotatable bonds is 1. The van der Waals surface area contributed by atoms with E-state index in [2.05, 4.69) is 25.4 Å². The smallest absolute Gasteiger partial charge is 0.205 e. The van der Waals surface area contributed by atoms with Gasteiger partial charge in [-0.05, 0) is 12.1 Å². The number of furan rings is 1. The lowest BCUT2D eigenvalue weighted by molar-refractivity contribution is 0.577. The molecule has 3 aromatic rings. The minimum atomic E-state index is 0.511. The number of hydrogen-bond acceptors (Lipinski definition) is 5. The van der Waals surface area contributed by atoms with E-state index in [1.807, 2.05) is 0 Å². The number of nitrogens with one attached hydrogen (secondary N) is 1. The molecule has 14 heavy (non-hydrogen) atoms. The number of hydrogen-bond donors (Lipinski definition) is 1. The third-order valence-corrected chi connectivity index (χ3v) is 1.82. The van der Waals surface area contributed by atoms with Crippen LogP contribution in [0, 0.1) is 0 Å². The van der Waals surface area contributed by atoms with Crippen LogP contribution in [-0.2, 0) is 0 Å². The van der Waals surface area contributed by atoms with Crippen LogP contribution in [-0.4, -0.2) is 25.4 Å². The third kappa shape index (κ3) is 0.972. The highest BCUT2D eigenvalue weighted by Crippen LogP contribution is 2.15. The predicted octanol–water partition coefficient (Wildman–Crippen LogP) is 1.01. The van der Waals surface area contributed by atoms with E-state index in [1.165, 1.54) is 0 Å². The molecule has 6 nitrogen and oxygen atoms in total. The molecule has 0 saturated carbocycles. The summed E-state index contributed by atoms with van der Waals surface area (Å²) in [5.74, 6) is 1.13. The first-order valence-electron chi connectivity index (χ1n) is 4.01. The monoisotopic (exact) mass is 187 g/mol. The summed E-state index contributed by atoms with van der Waals surface area (Å²) in [6.45, 7) is 0. The van der Waals surface area contributed by atoms with E-state index >= 15 is 0 Å². The molecule has 0 bridgehead atoms. The van der Waals surface area contributed by atoms with Crippen LogP contribution in [0.25, 0.3) is 22.7 Å². The second-order valence-corrected chi connectivity index (χ2v) is 2.70. The Morgan fingerprint density at radius 3 is 3.14 bits per heavy atom. The maximum atomic E-state index is 5.16. The summed E-state index contributed by atoms with van der Waals surface area (Å²) in [6.07, 6.45) is 3.18. The van der Waals surface area contributed by atoms with Gasteiger partial charge in [-0.15, -0.1) is 5.10 Å². The average Bonchev–Trinajstić information content (AvgIpc) is 2.88. The summed E-state index contributed by atoms with van der Waals surface area (Å²) in [4.78, 5) is 8.26. The Balaban J connectivity index is 2.23. The van der Waals surface area contributed by atoms with Crippen LogP contribution >= 0.6 is 0 Å². The van der Waals surface area contributed by atoms with E-state index in [0.717, 1.165) is 0 Å². The molecule has 6 heteroatoms. The first-order valence-corrected chi connectivity index (χ1v) is 4.01. The second-order valence-electron chi connectivity index (χ2n) is 2.70. The molecule has 1 N–H and O–H groups in total. The van der Waals surface area contributed by atoms with E-state index in [1.54, 1.807) is 24.6 Å². The van der Waals surface area contributed by atoms with E-state index in [0.29, 0.717) is 22.7 Å². The van der Waals surface area contributed by atoms with Gasteiger partial charge in [0.2, 0.25) is 5.65 Å². The fourth-order valence-corrected chi connectivity index (χ4v) is 1.18. The number of H-pyrrole nitrogens is 1. The fourth-order valence-electron chi connectivity index (χ4n) is 1.18. The number of aromatic amines is 1. The van der Waals surface area contributed by atoms with Crippen molar-refractivity contribution in [1.82, 2.24) is 25.4 Å². The number of nitrogens with zero attached hydrogens (tertiary/aromatic N) is 4. The zero-order valence-corrected chi connectivity index (χ0v) is 7.01. The quantitative estimate of drug-likeness (QED) is 0.614. The first-order chi connectivity index (χ1) is 6.93. The lowest BCUT2D eigenvalue weighted by atomic mass is 10.4. The maximum absolute atomic E-state index is 5.16. The topological polar surface area (TPSA) is 80.5 Å². The Bertz CT molecular complexity index is 556. The van der Waals surface area contributed by atoms with Crippen LogP contribution in [0.4, 0.5) is 0 Å². The summed E-state index contributed by atoms with van der Waals surface area (Å²) in [7, 11) is 0. The maximum Gasteiger partial charge on any atom is 0.205 e. The molecule has 3 aromatic heterocycles. The van der Waals surface area contributed by atoms with E-state index in [4.69, 9.17) is 4.42 Å². The van der Waals surface area contributed by atoms with E-state index < -0.39 is 0 Å². The molecule has 0 saturated heterocycles. The highest BCUT2D eigenvalue weighted by Gasteiger charge is 2.06. The highest BCUT2D eigenvalue weighted by atomic mass is 16.3. The molecular weight excluding hydrogens is 182 g/mol. The van der Waals surface area contributed by atoms with Crippen molar-refractivity contribution in [2.24, 2.45) is 0 Å². The van der Waals surface area contributed by atoms with Gasteiger partial charge in [0, 0.05) is 0 Å². The molecule has 0 amide bonds. The second kappa shape index (κ2) is 2.63. The number of aromatic nitrogens is 5. The van der Waals surface area contributed by atoms with Gasteiger partial charge in [0.05, 0.1) is 12.5 Å². The minimum Gasteiger partial charge on any atom is -0.461 e. The van der Waals surface area contributed by atoms with Crippen LogP contribution in [0.5, 0.6) is 0 Å². The molecule has 0 aliphatic rings. The van der Waals surface area contributed by atoms with Crippen molar-refractivity contribution in [3.05, 3.63) is 24.6 Å². The van der Waals surface area contributed by atoms with Gasteiger partial charge in [0.1, 0.15) is 5.52 Å². The molecule has 0 unspecified atom stereocenters. The molecular formula is C8H5N5O. The van der Waals surface area contributed by atoms with E-state index in [9.17, 15) is 0 Å².